The van der Waals surface area contributed by atoms with Crippen LogP contribution in [-0.2, 0) is 4.74 Å². The van der Waals surface area contributed by atoms with Gasteiger partial charge in [-0.1, -0.05) is 67.5 Å². The number of hydrogen-bond donors (Lipinski definition) is 0. The molecule has 0 heterocycles. The second-order valence-corrected chi connectivity index (χ2v) is 9.44. The van der Waals surface area contributed by atoms with Crippen LogP contribution in [0, 0.1) is 11.3 Å². The van der Waals surface area contributed by atoms with Crippen LogP contribution in [0.5, 0.6) is 5.75 Å². The molecule has 0 aliphatic carbocycles. The van der Waals surface area contributed by atoms with Gasteiger partial charge in [0.05, 0.1) is 6.10 Å². The van der Waals surface area contributed by atoms with Gasteiger partial charge in [0.1, 0.15) is 5.75 Å². The Balaban J connectivity index is 0.00000326. The lowest BCUT2D eigenvalue weighted by Crippen LogP contribution is -2.39. The van der Waals surface area contributed by atoms with Crippen LogP contribution in [0.25, 0.3) is 0 Å². The minimum atomic E-state index is -0.584. The molecule has 0 saturated heterocycles. The second kappa shape index (κ2) is 11.7. The fourth-order valence-electron chi connectivity index (χ4n) is 3.65. The molecule has 2 nitrogen and oxygen atoms in total. The summed E-state index contributed by atoms with van der Waals surface area (Å²) >= 11 is 0. The van der Waals surface area contributed by atoms with Crippen molar-refractivity contribution >= 4 is 0 Å². The van der Waals surface area contributed by atoms with Crippen molar-refractivity contribution in [2.45, 2.75) is 113 Å². The maximum Gasteiger partial charge on any atom is 0.208 e. The second-order valence-electron chi connectivity index (χ2n) is 9.44. The van der Waals surface area contributed by atoms with Gasteiger partial charge >= 0.3 is 0 Å². The van der Waals surface area contributed by atoms with Gasteiger partial charge in [-0.25, -0.2) is 0 Å². The highest BCUT2D eigenvalue weighted by Gasteiger charge is 2.30. The summed E-state index contributed by atoms with van der Waals surface area (Å²) in [6.07, 6.45) is 3.37. The van der Waals surface area contributed by atoms with Crippen molar-refractivity contribution in [2.75, 3.05) is 0 Å². The summed E-state index contributed by atoms with van der Waals surface area (Å²) in [6, 6.07) is 8.65. The molecule has 1 aromatic carbocycles. The standard InChI is InChI=1S/C23H40O2.C2H6/c1-10-19(16-22(6,7)8)20-11-13-21(14-12-20)25-23(9,15-17(2)3)24-18(4)5;1-2/h11-14,17-19H,10,15-16H2,1-9H3;1-2H3. The van der Waals surface area contributed by atoms with Gasteiger partial charge < -0.3 is 9.47 Å². The summed E-state index contributed by atoms with van der Waals surface area (Å²) in [6.45, 7) is 23.8. The van der Waals surface area contributed by atoms with Crippen LogP contribution >= 0.6 is 0 Å². The third-order valence-electron chi connectivity index (χ3n) is 4.30. The average Bonchev–Trinajstić information content (AvgIpc) is 2.52. The van der Waals surface area contributed by atoms with Gasteiger partial charge in [-0.3, -0.25) is 0 Å². The largest absolute Gasteiger partial charge is 0.463 e. The van der Waals surface area contributed by atoms with Gasteiger partial charge in [0.25, 0.3) is 0 Å². The summed E-state index contributed by atoms with van der Waals surface area (Å²) < 4.78 is 12.4. The van der Waals surface area contributed by atoms with Crippen LogP contribution in [-0.4, -0.2) is 11.9 Å². The minimum Gasteiger partial charge on any atom is -0.463 e. The molecule has 1 aromatic rings. The highest BCUT2D eigenvalue weighted by molar-refractivity contribution is 5.30. The van der Waals surface area contributed by atoms with Crippen LogP contribution < -0.4 is 4.74 Å². The lowest BCUT2D eigenvalue weighted by molar-refractivity contribution is -0.200. The zero-order chi connectivity index (χ0) is 21.3. The van der Waals surface area contributed by atoms with Crippen molar-refractivity contribution in [2.24, 2.45) is 11.3 Å². The molecular formula is C25H46O2. The molecule has 2 atom stereocenters. The first-order valence-corrected chi connectivity index (χ1v) is 10.9. The van der Waals surface area contributed by atoms with E-state index in [9.17, 15) is 0 Å². The van der Waals surface area contributed by atoms with Crippen LogP contribution in [0.3, 0.4) is 0 Å². The van der Waals surface area contributed by atoms with E-state index in [1.165, 1.54) is 18.4 Å². The molecule has 0 N–H and O–H groups in total. The molecule has 27 heavy (non-hydrogen) atoms. The molecule has 0 spiro atoms. The smallest absolute Gasteiger partial charge is 0.208 e. The van der Waals surface area contributed by atoms with Crippen molar-refractivity contribution in [3.05, 3.63) is 29.8 Å². The fraction of sp³-hybridized carbons (Fsp3) is 0.760. The highest BCUT2D eigenvalue weighted by Crippen LogP contribution is 2.35. The summed E-state index contributed by atoms with van der Waals surface area (Å²) in [5.41, 5.74) is 1.75. The van der Waals surface area contributed by atoms with Crippen molar-refractivity contribution in [1.82, 2.24) is 0 Å². The fourth-order valence-corrected chi connectivity index (χ4v) is 3.65. The van der Waals surface area contributed by atoms with Crippen molar-refractivity contribution in [1.29, 1.82) is 0 Å². The maximum absolute atomic E-state index is 6.27. The van der Waals surface area contributed by atoms with Crippen LogP contribution in [0.1, 0.15) is 107 Å². The first-order chi connectivity index (χ1) is 12.4. The number of hydrogen-bond acceptors (Lipinski definition) is 2. The highest BCUT2D eigenvalue weighted by atomic mass is 16.7. The molecule has 0 radical (unpaired) electrons. The molecule has 0 amide bonds. The van der Waals surface area contributed by atoms with Crippen molar-refractivity contribution in [3.63, 3.8) is 0 Å². The van der Waals surface area contributed by atoms with E-state index in [-0.39, 0.29) is 6.10 Å². The number of rotatable bonds is 9. The monoisotopic (exact) mass is 378 g/mol. The third kappa shape index (κ3) is 10.8. The topological polar surface area (TPSA) is 18.5 Å². The van der Waals surface area contributed by atoms with Crippen LogP contribution in [0.2, 0.25) is 0 Å². The SMILES string of the molecule is CC.CCC(CC(C)(C)C)c1ccc(OC(C)(CC(C)C)OC(C)C)cc1. The van der Waals surface area contributed by atoms with Gasteiger partial charge in [0, 0.05) is 13.3 Å². The molecular weight excluding hydrogens is 332 g/mol. The molecule has 0 aromatic heterocycles. The Labute approximate surface area is 170 Å². The quantitative estimate of drug-likeness (QED) is 0.403. The van der Waals surface area contributed by atoms with Gasteiger partial charge in [-0.05, 0) is 61.6 Å². The Morgan fingerprint density at radius 2 is 1.37 bits per heavy atom. The Bertz CT molecular complexity index is 484. The molecule has 2 unspecified atom stereocenters. The lowest BCUT2D eigenvalue weighted by Gasteiger charge is -2.34. The van der Waals surface area contributed by atoms with Gasteiger partial charge in [0.15, 0.2) is 0 Å². The molecule has 0 aliphatic heterocycles. The summed E-state index contributed by atoms with van der Waals surface area (Å²) in [5.74, 6) is 1.42. The normalized spacial score (nSPS) is 15.1. The molecule has 0 saturated carbocycles. The molecule has 0 aliphatic rings. The van der Waals surface area contributed by atoms with E-state index in [0.29, 0.717) is 17.3 Å². The first kappa shape index (κ1) is 26.0. The summed E-state index contributed by atoms with van der Waals surface area (Å²) in [4.78, 5) is 0. The van der Waals surface area contributed by atoms with Gasteiger partial charge in [0.2, 0.25) is 5.79 Å². The van der Waals surface area contributed by atoms with E-state index in [0.717, 1.165) is 12.2 Å². The number of ether oxygens (including phenoxy) is 2. The lowest BCUT2D eigenvalue weighted by atomic mass is 9.80. The average molecular weight is 379 g/mol. The first-order valence-electron chi connectivity index (χ1n) is 10.9. The van der Waals surface area contributed by atoms with Gasteiger partial charge in [-0.15, -0.1) is 0 Å². The molecule has 0 fully saturated rings. The Hall–Kier alpha value is -1.02. The zero-order valence-electron chi connectivity index (χ0n) is 20.0. The zero-order valence-corrected chi connectivity index (χ0v) is 20.0. The van der Waals surface area contributed by atoms with E-state index in [2.05, 4.69) is 86.6 Å². The summed E-state index contributed by atoms with van der Waals surface area (Å²) in [7, 11) is 0. The van der Waals surface area contributed by atoms with E-state index in [4.69, 9.17) is 9.47 Å². The predicted octanol–water partition coefficient (Wildman–Crippen LogP) is 8.21. The number of benzene rings is 1. The Morgan fingerprint density at radius 1 is 0.852 bits per heavy atom. The van der Waals surface area contributed by atoms with E-state index >= 15 is 0 Å². The maximum atomic E-state index is 6.27. The van der Waals surface area contributed by atoms with Crippen LogP contribution in [0.15, 0.2) is 24.3 Å². The van der Waals surface area contributed by atoms with Crippen molar-refractivity contribution in [3.8, 4) is 5.75 Å². The molecule has 1 rings (SSSR count). The molecule has 0 bridgehead atoms. The predicted molar refractivity (Wildman–Crippen MR) is 120 cm³/mol. The van der Waals surface area contributed by atoms with E-state index in [1.807, 2.05) is 13.8 Å². The van der Waals surface area contributed by atoms with E-state index in [1.54, 1.807) is 0 Å². The molecule has 2 heteroatoms. The van der Waals surface area contributed by atoms with E-state index < -0.39 is 5.79 Å². The van der Waals surface area contributed by atoms with Crippen molar-refractivity contribution < 1.29 is 9.47 Å². The summed E-state index contributed by atoms with van der Waals surface area (Å²) in [5, 5.41) is 0. The Morgan fingerprint density at radius 3 is 1.74 bits per heavy atom. The van der Waals surface area contributed by atoms with Crippen LogP contribution in [0.4, 0.5) is 0 Å². The molecule has 158 valence electrons. The third-order valence-corrected chi connectivity index (χ3v) is 4.30. The minimum absolute atomic E-state index is 0.138. The van der Waals surface area contributed by atoms with Gasteiger partial charge in [-0.2, -0.15) is 0 Å². The Kier molecular flexibility index (Phi) is 11.3.